The van der Waals surface area contributed by atoms with Crippen molar-refractivity contribution in [1.82, 2.24) is 4.90 Å². The van der Waals surface area contributed by atoms with Gasteiger partial charge in [0.15, 0.2) is 5.96 Å². The molecule has 0 atom stereocenters. The number of aliphatic imine (C=N–C) groups is 1. The van der Waals surface area contributed by atoms with Crippen molar-refractivity contribution < 1.29 is 9.90 Å². The fraction of sp³-hybridized carbons (Fsp3) is 0.714. The van der Waals surface area contributed by atoms with E-state index in [1.54, 1.807) is 0 Å². The molecule has 0 amide bonds. The molecule has 158 valence electrons. The van der Waals surface area contributed by atoms with Gasteiger partial charge in [0, 0.05) is 16.3 Å². The Morgan fingerprint density at radius 1 is 1.18 bits per heavy atom. The van der Waals surface area contributed by atoms with E-state index in [1.165, 1.54) is 81.3 Å². The maximum absolute atomic E-state index is 10.8. The fourth-order valence-corrected chi connectivity index (χ4v) is 5.80. The Labute approximate surface area is 178 Å². The summed E-state index contributed by atoms with van der Waals surface area (Å²) < 4.78 is 0.889. The fourth-order valence-electron chi connectivity index (χ4n) is 4.18. The van der Waals surface area contributed by atoms with Crippen LogP contribution < -0.4 is 5.73 Å². The van der Waals surface area contributed by atoms with E-state index in [1.807, 2.05) is 13.0 Å². The molecule has 0 unspecified atom stereocenters. The van der Waals surface area contributed by atoms with Crippen molar-refractivity contribution >= 4 is 35.5 Å². The van der Waals surface area contributed by atoms with Crippen LogP contribution in [0.2, 0.25) is 0 Å². The molecule has 0 heterocycles. The monoisotopic (exact) mass is 425 g/mol. The zero-order valence-corrected chi connectivity index (χ0v) is 18.9. The van der Waals surface area contributed by atoms with E-state index in [-0.39, 0.29) is 5.75 Å². The summed E-state index contributed by atoms with van der Waals surface area (Å²) >= 11 is 2.69. The van der Waals surface area contributed by atoms with Crippen LogP contribution >= 0.6 is 23.5 Å². The lowest BCUT2D eigenvalue weighted by molar-refractivity contribution is -0.133. The summed E-state index contributed by atoms with van der Waals surface area (Å²) in [5.41, 5.74) is 6.54. The predicted molar refractivity (Wildman–Crippen MR) is 122 cm³/mol. The number of carbonyl (C=O) groups is 1. The smallest absolute Gasteiger partial charge is 0.313 e. The molecule has 2 aliphatic rings. The molecule has 0 aromatic heterocycles. The number of thioether (sulfide) groups is 2. The first-order chi connectivity index (χ1) is 13.4. The molecular formula is C21H35N3O2S2. The Kier molecular flexibility index (Phi) is 9.79. The second-order valence-electron chi connectivity index (χ2n) is 7.87. The molecule has 2 aliphatic carbocycles. The van der Waals surface area contributed by atoms with Crippen LogP contribution in [0.25, 0.3) is 0 Å². The van der Waals surface area contributed by atoms with Gasteiger partial charge in [-0.05, 0) is 51.4 Å². The van der Waals surface area contributed by atoms with Crippen molar-refractivity contribution in [3.8, 4) is 0 Å². The minimum Gasteiger partial charge on any atom is -0.481 e. The highest BCUT2D eigenvalue weighted by Gasteiger charge is 2.31. The van der Waals surface area contributed by atoms with E-state index >= 15 is 0 Å². The Morgan fingerprint density at radius 2 is 1.79 bits per heavy atom. The van der Waals surface area contributed by atoms with Gasteiger partial charge in [0.2, 0.25) is 0 Å². The molecule has 28 heavy (non-hydrogen) atoms. The van der Waals surface area contributed by atoms with Crippen LogP contribution in [0, 0.1) is 5.92 Å². The number of guanidine groups is 1. The summed E-state index contributed by atoms with van der Waals surface area (Å²) in [5.74, 6) is 0.598. The summed E-state index contributed by atoms with van der Waals surface area (Å²) in [6, 6.07) is 0.958. The zero-order valence-electron chi connectivity index (χ0n) is 17.2. The Hall–Kier alpha value is -1.08. The van der Waals surface area contributed by atoms with Crippen molar-refractivity contribution in [3.63, 3.8) is 0 Å². The predicted octanol–water partition coefficient (Wildman–Crippen LogP) is 5.40. The van der Waals surface area contributed by atoms with Crippen LogP contribution in [0.1, 0.15) is 71.6 Å². The van der Waals surface area contributed by atoms with Crippen LogP contribution in [0.3, 0.4) is 0 Å². The maximum Gasteiger partial charge on any atom is 0.313 e. The number of nitrogens with zero attached hydrogens (tertiary/aromatic N) is 2. The van der Waals surface area contributed by atoms with E-state index < -0.39 is 5.97 Å². The van der Waals surface area contributed by atoms with E-state index in [4.69, 9.17) is 10.8 Å². The standard InChI is InChI=1S/C21H35N3O2S2/c1-4-20(27-14-19(25)26)28-16(3)23-21(22)24(17-8-6-5-7-9-17)18-12-10-15(2)11-13-18/h4,15,17-18H,3,5-14H2,1-2H3,(H2,22,23)(H,25,26)/b20-4-. The minimum absolute atomic E-state index is 0.0353. The third-order valence-corrected chi connectivity index (χ3v) is 7.92. The number of nitrogens with two attached hydrogens (primary N) is 1. The number of carboxylic acids is 1. The first-order valence-corrected chi connectivity index (χ1v) is 12.2. The lowest BCUT2D eigenvalue weighted by Gasteiger charge is -2.43. The minimum atomic E-state index is -0.825. The van der Waals surface area contributed by atoms with Gasteiger partial charge >= 0.3 is 5.97 Å². The largest absolute Gasteiger partial charge is 0.481 e. The summed E-state index contributed by atoms with van der Waals surface area (Å²) in [7, 11) is 0. The third kappa shape index (κ3) is 7.39. The van der Waals surface area contributed by atoms with Crippen molar-refractivity contribution in [2.24, 2.45) is 16.6 Å². The van der Waals surface area contributed by atoms with E-state index in [2.05, 4.69) is 23.4 Å². The van der Waals surface area contributed by atoms with Gasteiger partial charge in [-0.25, -0.2) is 4.99 Å². The number of hydrogen-bond donors (Lipinski definition) is 2. The average molecular weight is 426 g/mol. The van der Waals surface area contributed by atoms with Crippen molar-refractivity contribution in [1.29, 1.82) is 0 Å². The lowest BCUT2D eigenvalue weighted by atomic mass is 9.84. The molecule has 3 N–H and O–H groups in total. The Balaban J connectivity index is 2.07. The Bertz CT molecular complexity index is 592. The zero-order chi connectivity index (χ0) is 20.5. The van der Waals surface area contributed by atoms with E-state index in [0.29, 0.717) is 23.1 Å². The van der Waals surface area contributed by atoms with Crippen molar-refractivity contribution in [2.45, 2.75) is 83.7 Å². The highest BCUT2D eigenvalue weighted by molar-refractivity contribution is 8.24. The highest BCUT2D eigenvalue weighted by Crippen LogP contribution is 2.35. The second kappa shape index (κ2) is 11.8. The molecule has 0 bridgehead atoms. The summed E-state index contributed by atoms with van der Waals surface area (Å²) in [6.07, 6.45) is 13.0. The van der Waals surface area contributed by atoms with Gasteiger partial charge in [-0.3, -0.25) is 4.79 Å². The topological polar surface area (TPSA) is 78.9 Å². The molecule has 7 heteroatoms. The highest BCUT2D eigenvalue weighted by atomic mass is 32.2. The quantitative estimate of drug-likeness (QED) is 0.400. The molecule has 0 spiro atoms. The molecule has 0 aromatic rings. The normalized spacial score (nSPS) is 24.8. The summed E-state index contributed by atoms with van der Waals surface area (Å²) in [4.78, 5) is 17.9. The van der Waals surface area contributed by atoms with Gasteiger partial charge in [-0.15, -0.1) is 11.8 Å². The molecule has 0 aromatic carbocycles. The van der Waals surface area contributed by atoms with E-state index in [9.17, 15) is 4.79 Å². The van der Waals surface area contributed by atoms with Crippen molar-refractivity contribution in [2.75, 3.05) is 5.75 Å². The first kappa shape index (κ1) is 23.2. The van der Waals surface area contributed by atoms with Gasteiger partial charge < -0.3 is 15.7 Å². The number of hydrogen-bond acceptors (Lipinski definition) is 4. The number of carboxylic acid groups (broad SMARTS) is 1. The number of aliphatic carboxylic acids is 1. The van der Waals surface area contributed by atoms with Crippen LogP contribution in [0.4, 0.5) is 0 Å². The van der Waals surface area contributed by atoms with Crippen LogP contribution in [-0.4, -0.2) is 39.8 Å². The molecule has 0 aliphatic heterocycles. The van der Waals surface area contributed by atoms with Crippen LogP contribution in [0.15, 0.2) is 26.9 Å². The number of allylic oxidation sites excluding steroid dienone is 1. The SMILES string of the molecule is C=C(/N=C(\N)N(C1CCCCC1)C1CCC(C)CC1)S/C(=C\C)SCC(=O)O. The average Bonchev–Trinajstić information content (AvgIpc) is 2.67. The van der Waals surface area contributed by atoms with Gasteiger partial charge in [0.25, 0.3) is 0 Å². The first-order valence-electron chi connectivity index (χ1n) is 10.4. The van der Waals surface area contributed by atoms with Crippen molar-refractivity contribution in [3.05, 3.63) is 21.9 Å². The van der Waals surface area contributed by atoms with Gasteiger partial charge in [-0.2, -0.15) is 0 Å². The van der Waals surface area contributed by atoms with Gasteiger partial charge in [0.05, 0.1) is 10.8 Å². The number of rotatable bonds is 8. The molecule has 2 fully saturated rings. The molecule has 0 saturated heterocycles. The van der Waals surface area contributed by atoms with Gasteiger partial charge in [-0.1, -0.05) is 50.6 Å². The molecule has 2 rings (SSSR count). The Morgan fingerprint density at radius 3 is 2.36 bits per heavy atom. The van der Waals surface area contributed by atoms with E-state index in [0.717, 1.165) is 10.2 Å². The van der Waals surface area contributed by atoms with Crippen LogP contribution in [-0.2, 0) is 4.79 Å². The second-order valence-corrected chi connectivity index (χ2v) is 10.3. The molecule has 0 radical (unpaired) electrons. The maximum atomic E-state index is 10.8. The molecule has 2 saturated carbocycles. The summed E-state index contributed by atoms with van der Waals surface area (Å²) in [6.45, 7) is 8.30. The van der Waals surface area contributed by atoms with Crippen LogP contribution in [0.5, 0.6) is 0 Å². The summed E-state index contributed by atoms with van der Waals surface area (Å²) in [5, 5.41) is 9.50. The third-order valence-electron chi connectivity index (χ3n) is 5.64. The molecule has 5 nitrogen and oxygen atoms in total. The molecular weight excluding hydrogens is 390 g/mol. The van der Waals surface area contributed by atoms with Gasteiger partial charge in [0.1, 0.15) is 0 Å². The lowest BCUT2D eigenvalue weighted by Crippen LogP contribution is -2.52.